The van der Waals surface area contributed by atoms with E-state index in [0.29, 0.717) is 101 Å². The highest BCUT2D eigenvalue weighted by Gasteiger charge is 2.50. The molecule has 24 nitrogen and oxygen atoms in total. The quantitative estimate of drug-likeness (QED) is 0.0194. The second kappa shape index (κ2) is 30.6. The first kappa shape index (κ1) is 77.8. The standard InChI is InChI=1S/3C15H10BrClFN3O2.C14H10BrClFN3O3.C12H4BrClFNO2/c3*16-7-1-2-10-8(5-7)15(3-4-22-14(19)21-15)9-6-11(17)20-13(18)12(9)23-10;1-14(20-13(18)23-21)7-4-6(15)2-3-9(7)22-11-8(14)5-10(16)19-12(11)17;13-5-1-2-8-6(3-5)10(17)7-4-9(14)16-12(15)11(7)18-8/h3*1-2,5-6H,3-4H2,(H2,19,21);2-5,21H,1H3,(H2,18,20);1-4H/t2*15-;;;/m10.../s1. The van der Waals surface area contributed by atoms with E-state index >= 15 is 0 Å². The number of fused-ring (bicyclic) bond motifs is 16. The van der Waals surface area contributed by atoms with E-state index in [0.717, 1.165) is 39.1 Å². The smallest absolute Gasteiger partial charge is 0.320 e. The molecule has 3 spiro atoms. The highest BCUT2D eigenvalue weighted by molar-refractivity contribution is 9.11. The van der Waals surface area contributed by atoms with Crippen molar-refractivity contribution in [2.24, 2.45) is 42.9 Å². The van der Waals surface area contributed by atoms with Crippen molar-refractivity contribution in [3.8, 4) is 46.0 Å². The third-order valence-corrected chi connectivity index (χ3v) is 21.4. The maximum absolute atomic E-state index is 14.3. The Morgan fingerprint density at radius 2 is 0.764 bits per heavy atom. The molecule has 0 radical (unpaired) electrons. The van der Waals surface area contributed by atoms with Gasteiger partial charge in [0.2, 0.25) is 5.43 Å². The Kier molecular flexibility index (Phi) is 21.7. The van der Waals surface area contributed by atoms with Crippen LogP contribution in [-0.4, -0.2) is 74.1 Å². The van der Waals surface area contributed by atoms with E-state index in [-0.39, 0.29) is 83.2 Å². The van der Waals surface area contributed by atoms with Gasteiger partial charge < -0.3 is 65.4 Å². The van der Waals surface area contributed by atoms with Crippen LogP contribution in [0.1, 0.15) is 70.7 Å². The van der Waals surface area contributed by atoms with E-state index in [2.05, 4.69) is 129 Å². The number of benzene rings is 5. The Morgan fingerprint density at radius 1 is 0.445 bits per heavy atom. The number of pyridine rings is 5. The summed E-state index contributed by atoms with van der Waals surface area (Å²) in [5.41, 5.74) is 23.4. The van der Waals surface area contributed by atoms with Crippen LogP contribution in [0.15, 0.2) is 173 Å². The molecule has 0 saturated heterocycles. The van der Waals surface area contributed by atoms with Gasteiger partial charge >= 0.3 is 6.02 Å². The van der Waals surface area contributed by atoms with Gasteiger partial charge in [-0.1, -0.05) is 138 Å². The average Bonchev–Trinajstić information content (AvgIpc) is 0.737. The molecule has 0 aliphatic carbocycles. The Morgan fingerprint density at radius 3 is 1.14 bits per heavy atom. The maximum Gasteiger partial charge on any atom is 0.320 e. The van der Waals surface area contributed by atoms with Crippen molar-refractivity contribution in [2.75, 3.05) is 19.8 Å². The first-order valence-corrected chi connectivity index (χ1v) is 37.6. The number of amidine groups is 4. The Bertz CT molecular complexity index is 5550. The SMILES string of the molecule is CC1(N=C(N)OO)c2cc(Br)ccc2Oc2c1cc(Cl)nc2F.NC1=NC2(CCO1)c1cc(Br)ccc1Oc1c2cc(Cl)nc1F.NC1=N[C@@]2(CCO1)c1cc(Br)ccc1Oc1c2cc(Cl)nc1F.NC1=N[C@]2(CCO1)c1cc(Br)ccc1Oc1c2cc(Cl)nc1F.O=c1c2cc(Br)ccc2oc2c(F)nc(Cl)cc12. The lowest BCUT2D eigenvalue weighted by atomic mass is 9.78. The molecule has 7 aliphatic rings. The molecule has 18 rings (SSSR count). The summed E-state index contributed by atoms with van der Waals surface area (Å²) in [5.74, 6) is -2.27. The van der Waals surface area contributed by atoms with Crippen LogP contribution in [0.5, 0.6) is 46.0 Å². The predicted octanol–water partition coefficient (Wildman–Crippen LogP) is 18.9. The normalized spacial score (nSPS) is 19.6. The molecule has 5 aromatic carbocycles. The number of hydrogen-bond donors (Lipinski definition) is 5. The summed E-state index contributed by atoms with van der Waals surface area (Å²) >= 11 is 46.3. The molecule has 0 saturated carbocycles. The molecular formula is C71H44Br5Cl5F5N13O11. The fourth-order valence-electron chi connectivity index (χ4n) is 13.3. The van der Waals surface area contributed by atoms with Crippen molar-refractivity contribution in [3.63, 3.8) is 0 Å². The van der Waals surface area contributed by atoms with Crippen LogP contribution >= 0.6 is 138 Å². The van der Waals surface area contributed by atoms with Gasteiger partial charge in [-0.15, -0.1) is 0 Å². The van der Waals surface area contributed by atoms with Gasteiger partial charge in [0.15, 0.2) is 28.6 Å². The van der Waals surface area contributed by atoms with Crippen LogP contribution < -0.4 is 47.3 Å². The van der Waals surface area contributed by atoms with Crippen LogP contribution in [0.2, 0.25) is 25.8 Å². The highest BCUT2D eigenvalue weighted by Crippen LogP contribution is 2.58. The largest absolute Gasteiger partial charge is 0.465 e. The van der Waals surface area contributed by atoms with Crippen molar-refractivity contribution >= 4 is 184 Å². The molecule has 11 aromatic rings. The van der Waals surface area contributed by atoms with Crippen LogP contribution in [0.3, 0.4) is 0 Å². The molecule has 6 aromatic heterocycles. The van der Waals surface area contributed by atoms with Gasteiger partial charge in [0.1, 0.15) is 76.5 Å². The summed E-state index contributed by atoms with van der Waals surface area (Å²) in [6.07, 6.45) is 1.44. The van der Waals surface area contributed by atoms with Crippen LogP contribution in [0, 0.1) is 29.7 Å². The van der Waals surface area contributed by atoms with Crippen molar-refractivity contribution in [2.45, 2.75) is 48.3 Å². The number of aromatic nitrogens is 5. The lowest BCUT2D eigenvalue weighted by Crippen LogP contribution is -2.39. The summed E-state index contributed by atoms with van der Waals surface area (Å²) in [5, 5.41) is 9.12. The van der Waals surface area contributed by atoms with Gasteiger partial charge in [-0.05, 0) is 128 Å². The molecule has 2 unspecified atom stereocenters. The topological polar surface area (TPSA) is 342 Å². The number of nitrogens with two attached hydrogens (primary N) is 4. The number of hydrogen-bond acceptors (Lipinski definition) is 23. The van der Waals surface area contributed by atoms with Gasteiger partial charge in [0.25, 0.3) is 47.8 Å². The summed E-state index contributed by atoms with van der Waals surface area (Å²) < 4.78 is 119. The number of halogens is 15. The second-order valence-electron chi connectivity index (χ2n) is 24.4. The zero-order chi connectivity index (χ0) is 78.2. The molecule has 9 N–H and O–H groups in total. The summed E-state index contributed by atoms with van der Waals surface area (Å²) in [7, 11) is 0. The molecule has 564 valence electrons. The molecule has 0 bridgehead atoms. The van der Waals surface area contributed by atoms with Gasteiger partial charge in [0, 0.05) is 86.1 Å². The minimum atomic E-state index is -1.20. The number of rotatable bonds is 1. The van der Waals surface area contributed by atoms with Gasteiger partial charge in [-0.3, -0.25) is 4.79 Å². The number of ether oxygens (including phenoxy) is 7. The lowest BCUT2D eigenvalue weighted by molar-refractivity contribution is -0.157. The van der Waals surface area contributed by atoms with E-state index in [1.807, 2.05) is 36.4 Å². The molecule has 4 atom stereocenters. The molecule has 0 fully saturated rings. The zero-order valence-corrected chi connectivity index (χ0v) is 67.0. The fraction of sp³-hybridized carbons (Fsp3) is 0.155. The maximum atomic E-state index is 14.3. The second-order valence-corrected chi connectivity index (χ2v) is 31.0. The Labute approximate surface area is 683 Å². The third kappa shape index (κ3) is 14.6. The molecule has 110 heavy (non-hydrogen) atoms. The first-order chi connectivity index (χ1) is 52.4. The van der Waals surface area contributed by atoms with E-state index in [9.17, 15) is 26.7 Å². The lowest BCUT2D eigenvalue weighted by Gasteiger charge is -2.39. The molecule has 0 amide bonds. The van der Waals surface area contributed by atoms with E-state index in [4.69, 9.17) is 124 Å². The van der Waals surface area contributed by atoms with Crippen molar-refractivity contribution < 1.29 is 69.7 Å². The van der Waals surface area contributed by atoms with E-state index in [1.165, 1.54) is 12.1 Å². The van der Waals surface area contributed by atoms with Gasteiger partial charge in [0.05, 0.1) is 30.6 Å². The summed E-state index contributed by atoms with van der Waals surface area (Å²) in [6, 6.07) is 33.4. The molecule has 13 heterocycles. The first-order valence-electron chi connectivity index (χ1n) is 31.8. The predicted molar refractivity (Wildman–Crippen MR) is 415 cm³/mol. The summed E-state index contributed by atoms with van der Waals surface area (Å²) in [6.45, 7) is 2.72. The third-order valence-electron chi connectivity index (χ3n) is 18.0. The Hall–Kier alpha value is -8.94. The molecule has 7 aliphatic heterocycles. The highest BCUT2D eigenvalue weighted by atomic mass is 79.9. The Balaban J connectivity index is 0.000000115. The minimum absolute atomic E-state index is 0.0164. The van der Waals surface area contributed by atoms with E-state index < -0.39 is 57.9 Å². The van der Waals surface area contributed by atoms with Crippen molar-refractivity contribution in [1.29, 1.82) is 0 Å². The zero-order valence-electron chi connectivity index (χ0n) is 55.3. The fourth-order valence-corrected chi connectivity index (χ4v) is 16.1. The number of nitrogens with zero attached hydrogens (tertiary/aromatic N) is 9. The monoisotopic (exact) mass is 1920 g/mol. The van der Waals surface area contributed by atoms with Crippen molar-refractivity contribution in [1.82, 2.24) is 24.9 Å². The van der Waals surface area contributed by atoms with Crippen LogP contribution in [0.4, 0.5) is 22.0 Å². The van der Waals surface area contributed by atoms with Gasteiger partial charge in [-0.2, -0.15) is 27.2 Å². The molecular weight excluding hydrogens is 1880 g/mol. The average molecular weight is 1930 g/mol. The van der Waals surface area contributed by atoms with Gasteiger partial charge in [-0.25, -0.2) is 44.9 Å². The van der Waals surface area contributed by atoms with Crippen molar-refractivity contribution in [3.05, 3.63) is 254 Å². The van der Waals surface area contributed by atoms with Crippen LogP contribution in [-0.2, 0) is 41.3 Å². The summed E-state index contributed by atoms with van der Waals surface area (Å²) in [4.78, 5) is 51.7. The molecule has 39 heteroatoms. The van der Waals surface area contributed by atoms with Crippen LogP contribution in [0.25, 0.3) is 21.9 Å². The number of aliphatic imine (C=N–C) groups is 4. The minimum Gasteiger partial charge on any atom is -0.465 e. The van der Waals surface area contributed by atoms with E-state index in [1.54, 1.807) is 79.7 Å².